The minimum absolute atomic E-state index is 0.0547. The Balaban J connectivity index is 1.82. The predicted octanol–water partition coefficient (Wildman–Crippen LogP) is 4.40. The molecule has 0 saturated heterocycles. The Hall–Kier alpha value is -3.69. The van der Waals surface area contributed by atoms with Crippen LogP contribution < -0.4 is 20.8 Å². The van der Waals surface area contributed by atoms with Crippen LogP contribution in [-0.4, -0.2) is 0 Å². The van der Waals surface area contributed by atoms with Gasteiger partial charge in [0.1, 0.15) is 35.5 Å². The molecule has 2 N–H and O–H groups in total. The summed E-state index contributed by atoms with van der Waals surface area (Å²) in [6.45, 7) is 1.86. The molecule has 0 radical (unpaired) electrons. The molecule has 4 rings (SSSR count). The van der Waals surface area contributed by atoms with E-state index in [2.05, 4.69) is 6.07 Å². The minimum atomic E-state index is -0.780. The number of rotatable bonds is 4. The van der Waals surface area contributed by atoms with Gasteiger partial charge in [0.05, 0.1) is 11.5 Å². The zero-order chi connectivity index (χ0) is 21.3. The maximum Gasteiger partial charge on any atom is 0.343 e. The van der Waals surface area contributed by atoms with Crippen molar-refractivity contribution in [3.05, 3.63) is 104 Å². The normalized spacial score (nSPS) is 15.2. The fraction of sp³-hybridized carbons (Fsp3) is 0.130. The molecule has 0 saturated carbocycles. The number of hydrogen-bond donors (Lipinski definition) is 1. The van der Waals surface area contributed by atoms with Gasteiger partial charge < -0.3 is 19.6 Å². The van der Waals surface area contributed by atoms with Crippen LogP contribution in [0.25, 0.3) is 0 Å². The second-order valence-electron chi connectivity index (χ2n) is 6.77. The van der Waals surface area contributed by atoms with E-state index in [9.17, 15) is 10.1 Å². The molecule has 6 nitrogen and oxygen atoms in total. The van der Waals surface area contributed by atoms with E-state index in [1.165, 1.54) is 0 Å². The number of nitrogens with two attached hydrogens (primary N) is 1. The molecular weight excluding hydrogens is 404 g/mol. The van der Waals surface area contributed by atoms with Crippen molar-refractivity contribution in [3.63, 3.8) is 0 Å². The van der Waals surface area contributed by atoms with Gasteiger partial charge in [-0.2, -0.15) is 5.26 Å². The first-order valence-corrected chi connectivity index (χ1v) is 9.54. The summed E-state index contributed by atoms with van der Waals surface area (Å²) in [7, 11) is 0. The molecule has 0 unspecified atom stereocenters. The number of fused-ring (bicyclic) bond motifs is 1. The Morgan fingerprint density at radius 3 is 2.70 bits per heavy atom. The summed E-state index contributed by atoms with van der Waals surface area (Å²) in [6, 6.07) is 18.2. The van der Waals surface area contributed by atoms with Crippen molar-refractivity contribution >= 4 is 11.6 Å². The standard InChI is InChI=1S/C23H17ClN2O4/c1-13-10-19-21(23(27)29-13)20(16(11-25)22(26)30-19)15-7-3-5-9-18(15)28-12-14-6-2-4-8-17(14)24/h2-10,20H,12,26H2,1H3/t20-/m1/s1. The van der Waals surface area contributed by atoms with E-state index in [1.54, 1.807) is 37.3 Å². The lowest BCUT2D eigenvalue weighted by molar-refractivity contribution is 0.301. The summed E-state index contributed by atoms with van der Waals surface area (Å²) in [5.74, 6) is 0.315. The summed E-state index contributed by atoms with van der Waals surface area (Å²) in [5, 5.41) is 10.3. The number of hydrogen-bond acceptors (Lipinski definition) is 6. The smallest absolute Gasteiger partial charge is 0.343 e. The molecular formula is C23H17ClN2O4. The van der Waals surface area contributed by atoms with Gasteiger partial charge in [-0.25, -0.2) is 4.79 Å². The van der Waals surface area contributed by atoms with Crippen LogP contribution in [0, 0.1) is 18.3 Å². The van der Waals surface area contributed by atoms with Gasteiger partial charge in [0.2, 0.25) is 5.88 Å². The van der Waals surface area contributed by atoms with Crippen LogP contribution in [0.3, 0.4) is 0 Å². The largest absolute Gasteiger partial charge is 0.489 e. The molecule has 7 heteroatoms. The number of allylic oxidation sites excluding steroid dienone is 1. The average Bonchev–Trinajstić information content (AvgIpc) is 2.72. The van der Waals surface area contributed by atoms with Gasteiger partial charge in [0.25, 0.3) is 0 Å². The third-order valence-electron chi connectivity index (χ3n) is 4.83. The SMILES string of the molecule is Cc1cc2c(c(=O)o1)[C@H](c1ccccc1OCc1ccccc1Cl)C(C#N)=C(N)O2. The molecule has 1 aliphatic rings. The van der Waals surface area contributed by atoms with Crippen LogP contribution >= 0.6 is 11.6 Å². The molecule has 3 aromatic rings. The minimum Gasteiger partial charge on any atom is -0.489 e. The topological polar surface area (TPSA) is 98.5 Å². The summed E-state index contributed by atoms with van der Waals surface area (Å²) in [4.78, 5) is 12.7. The molecule has 2 aromatic carbocycles. The quantitative estimate of drug-likeness (QED) is 0.671. The Morgan fingerprint density at radius 2 is 1.93 bits per heavy atom. The highest BCUT2D eigenvalue weighted by molar-refractivity contribution is 6.31. The first-order chi connectivity index (χ1) is 14.5. The highest BCUT2D eigenvalue weighted by atomic mass is 35.5. The molecule has 1 atom stereocenters. The van der Waals surface area contributed by atoms with E-state index >= 15 is 0 Å². The molecule has 2 heterocycles. The molecule has 0 bridgehead atoms. The maximum atomic E-state index is 12.7. The van der Waals surface area contributed by atoms with E-state index in [-0.39, 0.29) is 29.4 Å². The highest BCUT2D eigenvalue weighted by Crippen LogP contribution is 2.43. The van der Waals surface area contributed by atoms with E-state index in [4.69, 9.17) is 31.2 Å². The molecule has 0 aliphatic carbocycles. The average molecular weight is 421 g/mol. The molecule has 0 spiro atoms. The molecule has 150 valence electrons. The fourth-order valence-electron chi connectivity index (χ4n) is 3.45. The maximum absolute atomic E-state index is 12.7. The first kappa shape index (κ1) is 19.6. The third-order valence-corrected chi connectivity index (χ3v) is 5.20. The molecule has 30 heavy (non-hydrogen) atoms. The van der Waals surface area contributed by atoms with Gasteiger partial charge in [-0.1, -0.05) is 48.0 Å². The lowest BCUT2D eigenvalue weighted by Gasteiger charge is -2.26. The third kappa shape index (κ3) is 3.51. The Bertz CT molecular complexity index is 1260. The summed E-state index contributed by atoms with van der Waals surface area (Å²) >= 11 is 6.23. The van der Waals surface area contributed by atoms with Crippen molar-refractivity contribution in [2.45, 2.75) is 19.4 Å². The van der Waals surface area contributed by atoms with Gasteiger partial charge in [-0.05, 0) is 19.1 Å². The van der Waals surface area contributed by atoms with Gasteiger partial charge in [0.15, 0.2) is 0 Å². The van der Waals surface area contributed by atoms with E-state index < -0.39 is 11.5 Å². The van der Waals surface area contributed by atoms with Crippen molar-refractivity contribution < 1.29 is 13.9 Å². The van der Waals surface area contributed by atoms with Crippen molar-refractivity contribution in [1.29, 1.82) is 5.26 Å². The zero-order valence-electron chi connectivity index (χ0n) is 16.0. The summed E-state index contributed by atoms with van der Waals surface area (Å²) in [5.41, 5.74) is 7.16. The molecule has 0 amide bonds. The van der Waals surface area contributed by atoms with Crippen molar-refractivity contribution in [2.75, 3.05) is 0 Å². The van der Waals surface area contributed by atoms with Crippen LogP contribution in [-0.2, 0) is 6.61 Å². The van der Waals surface area contributed by atoms with Crippen molar-refractivity contribution in [1.82, 2.24) is 0 Å². The van der Waals surface area contributed by atoms with Crippen LogP contribution in [0.1, 0.15) is 28.4 Å². The lowest BCUT2D eigenvalue weighted by atomic mass is 9.84. The number of aryl methyl sites for hydroxylation is 1. The van der Waals surface area contributed by atoms with Gasteiger partial charge in [-0.15, -0.1) is 0 Å². The number of nitrogens with zero attached hydrogens (tertiary/aromatic N) is 1. The van der Waals surface area contributed by atoms with E-state index in [0.29, 0.717) is 22.1 Å². The zero-order valence-corrected chi connectivity index (χ0v) is 16.8. The first-order valence-electron chi connectivity index (χ1n) is 9.17. The molecule has 0 fully saturated rings. The lowest BCUT2D eigenvalue weighted by Crippen LogP contribution is -2.26. The Labute approximate surface area is 177 Å². The number of halogens is 1. The van der Waals surface area contributed by atoms with Crippen LogP contribution in [0.5, 0.6) is 11.5 Å². The van der Waals surface area contributed by atoms with Gasteiger partial charge in [0, 0.05) is 22.2 Å². The number of ether oxygens (including phenoxy) is 2. The number of para-hydroxylation sites is 1. The summed E-state index contributed by atoms with van der Waals surface area (Å²) in [6.07, 6.45) is 0. The van der Waals surface area contributed by atoms with Gasteiger partial charge >= 0.3 is 5.63 Å². The Kier molecular flexibility index (Phi) is 5.21. The predicted molar refractivity (Wildman–Crippen MR) is 111 cm³/mol. The number of nitriles is 1. The Morgan fingerprint density at radius 1 is 1.20 bits per heavy atom. The summed E-state index contributed by atoms with van der Waals surface area (Å²) < 4.78 is 16.9. The van der Waals surface area contributed by atoms with Crippen LogP contribution in [0.15, 0.2) is 75.3 Å². The van der Waals surface area contributed by atoms with Crippen molar-refractivity contribution in [3.8, 4) is 17.6 Å². The molecule has 1 aliphatic heterocycles. The number of benzene rings is 2. The highest BCUT2D eigenvalue weighted by Gasteiger charge is 2.35. The van der Waals surface area contributed by atoms with Crippen LogP contribution in [0.2, 0.25) is 5.02 Å². The fourth-order valence-corrected chi connectivity index (χ4v) is 3.64. The monoisotopic (exact) mass is 420 g/mol. The van der Waals surface area contributed by atoms with Crippen molar-refractivity contribution in [2.24, 2.45) is 5.73 Å². The van der Waals surface area contributed by atoms with Gasteiger partial charge in [-0.3, -0.25) is 0 Å². The second kappa shape index (κ2) is 7.97. The van der Waals surface area contributed by atoms with E-state index in [1.807, 2.05) is 24.3 Å². The molecule has 1 aromatic heterocycles. The van der Waals surface area contributed by atoms with Crippen LogP contribution in [0.4, 0.5) is 0 Å². The second-order valence-corrected chi connectivity index (χ2v) is 7.17. The van der Waals surface area contributed by atoms with E-state index in [0.717, 1.165) is 5.56 Å².